The first kappa shape index (κ1) is 7.60. The Morgan fingerprint density at radius 1 is 0.846 bits per heavy atom. The van der Waals surface area contributed by atoms with Crippen molar-refractivity contribution in [2.45, 2.75) is 0 Å². The molecule has 0 fully saturated rings. The highest BCUT2D eigenvalue weighted by Gasteiger charge is 1.93. The van der Waals surface area contributed by atoms with Gasteiger partial charge in [-0.15, -0.1) is 0 Å². The van der Waals surface area contributed by atoms with Gasteiger partial charge in [0.2, 0.25) is 0 Å². The van der Waals surface area contributed by atoms with Gasteiger partial charge in [0.05, 0.1) is 0 Å². The monoisotopic (exact) mass is 173 g/mol. The van der Waals surface area contributed by atoms with Crippen LogP contribution in [0.1, 0.15) is 0 Å². The van der Waals surface area contributed by atoms with Gasteiger partial charge in [-0.2, -0.15) is 0 Å². The molecule has 0 saturated carbocycles. The normalized spacial score (nSPS) is 9.54. The molecule has 0 saturated heterocycles. The van der Waals surface area contributed by atoms with Crippen LogP contribution in [0.4, 0.5) is 11.6 Å². The number of anilines is 2. The summed E-state index contributed by atoms with van der Waals surface area (Å²) in [5, 5.41) is 3.00. The maximum atomic E-state index is 3.99. The van der Waals surface area contributed by atoms with Crippen molar-refractivity contribution in [3.05, 3.63) is 37.2 Å². The number of nitrogens with one attached hydrogen (secondary N) is 1. The Kier molecular flexibility index (Phi) is 2.09. The van der Waals surface area contributed by atoms with E-state index in [1.165, 1.54) is 12.7 Å². The van der Waals surface area contributed by atoms with E-state index in [4.69, 9.17) is 0 Å². The molecule has 0 aliphatic carbocycles. The van der Waals surface area contributed by atoms with Gasteiger partial charge in [-0.3, -0.25) is 0 Å². The fourth-order valence-corrected chi connectivity index (χ4v) is 0.860. The van der Waals surface area contributed by atoms with Crippen LogP contribution in [0.2, 0.25) is 0 Å². The lowest BCUT2D eigenvalue weighted by atomic mass is 10.5. The molecule has 13 heavy (non-hydrogen) atoms. The minimum atomic E-state index is 0.716. The van der Waals surface area contributed by atoms with Gasteiger partial charge >= 0.3 is 0 Å². The molecular formula is C8H7N5. The van der Waals surface area contributed by atoms with Crippen molar-refractivity contribution < 1.29 is 0 Å². The fraction of sp³-hybridized carbons (Fsp3) is 0. The maximum absolute atomic E-state index is 3.99. The van der Waals surface area contributed by atoms with Crippen LogP contribution in [-0.2, 0) is 0 Å². The number of aromatic nitrogens is 4. The SMILES string of the molecule is c1cc(Nc2ccncn2)ncn1. The Bertz CT molecular complexity index is 323. The molecule has 2 aromatic heterocycles. The fourth-order valence-electron chi connectivity index (χ4n) is 0.860. The summed E-state index contributed by atoms with van der Waals surface area (Å²) in [6, 6.07) is 3.53. The van der Waals surface area contributed by atoms with Crippen molar-refractivity contribution in [2.24, 2.45) is 0 Å². The maximum Gasteiger partial charge on any atom is 0.134 e. The average molecular weight is 173 g/mol. The summed E-state index contributed by atoms with van der Waals surface area (Å²) in [6.07, 6.45) is 6.28. The summed E-state index contributed by atoms with van der Waals surface area (Å²) >= 11 is 0. The molecule has 2 rings (SSSR count). The van der Waals surface area contributed by atoms with E-state index in [2.05, 4.69) is 25.3 Å². The van der Waals surface area contributed by atoms with Gasteiger partial charge in [-0.05, 0) is 12.1 Å². The van der Waals surface area contributed by atoms with Crippen LogP contribution in [-0.4, -0.2) is 19.9 Å². The Labute approximate surface area is 74.9 Å². The summed E-state index contributed by atoms with van der Waals surface area (Å²) in [5.41, 5.74) is 0. The summed E-state index contributed by atoms with van der Waals surface area (Å²) < 4.78 is 0. The quantitative estimate of drug-likeness (QED) is 0.734. The number of rotatable bonds is 2. The van der Waals surface area contributed by atoms with Crippen molar-refractivity contribution >= 4 is 11.6 Å². The number of hydrogen-bond acceptors (Lipinski definition) is 5. The third kappa shape index (κ3) is 1.96. The zero-order valence-electron chi connectivity index (χ0n) is 6.75. The molecule has 0 aliphatic rings. The molecule has 2 aromatic rings. The summed E-state index contributed by atoms with van der Waals surface area (Å²) in [5.74, 6) is 1.43. The molecule has 0 bridgehead atoms. The summed E-state index contributed by atoms with van der Waals surface area (Å²) in [6.45, 7) is 0. The van der Waals surface area contributed by atoms with Crippen LogP contribution in [0.15, 0.2) is 37.2 Å². The smallest absolute Gasteiger partial charge is 0.134 e. The van der Waals surface area contributed by atoms with Gasteiger partial charge in [0.1, 0.15) is 24.3 Å². The van der Waals surface area contributed by atoms with E-state index in [1.807, 2.05) is 0 Å². The predicted octanol–water partition coefficient (Wildman–Crippen LogP) is 1.01. The molecule has 0 radical (unpaired) electrons. The van der Waals surface area contributed by atoms with Crippen LogP contribution in [0.3, 0.4) is 0 Å². The summed E-state index contributed by atoms with van der Waals surface area (Å²) in [4.78, 5) is 15.6. The van der Waals surface area contributed by atoms with Crippen molar-refractivity contribution in [3.63, 3.8) is 0 Å². The van der Waals surface area contributed by atoms with Crippen LogP contribution < -0.4 is 5.32 Å². The predicted molar refractivity (Wildman–Crippen MR) is 47.3 cm³/mol. The minimum absolute atomic E-state index is 0.716. The minimum Gasteiger partial charge on any atom is -0.325 e. The second kappa shape index (κ2) is 3.57. The van der Waals surface area contributed by atoms with Crippen LogP contribution in [0, 0.1) is 0 Å². The lowest BCUT2D eigenvalue weighted by Gasteiger charge is -2.01. The van der Waals surface area contributed by atoms with Crippen molar-refractivity contribution in [1.82, 2.24) is 19.9 Å². The topological polar surface area (TPSA) is 63.6 Å². The van der Waals surface area contributed by atoms with E-state index in [0.717, 1.165) is 0 Å². The zero-order chi connectivity index (χ0) is 8.93. The first-order chi connectivity index (χ1) is 6.45. The third-order valence-electron chi connectivity index (χ3n) is 1.42. The molecule has 64 valence electrons. The van der Waals surface area contributed by atoms with E-state index >= 15 is 0 Å². The van der Waals surface area contributed by atoms with Crippen LogP contribution >= 0.6 is 0 Å². The molecule has 0 aliphatic heterocycles. The van der Waals surface area contributed by atoms with E-state index in [1.54, 1.807) is 24.5 Å². The number of hydrogen-bond donors (Lipinski definition) is 1. The van der Waals surface area contributed by atoms with Gasteiger partial charge in [-0.25, -0.2) is 19.9 Å². The third-order valence-corrected chi connectivity index (χ3v) is 1.42. The van der Waals surface area contributed by atoms with Gasteiger partial charge < -0.3 is 5.32 Å². The highest BCUT2D eigenvalue weighted by molar-refractivity contribution is 5.49. The summed E-state index contributed by atoms with van der Waals surface area (Å²) in [7, 11) is 0. The van der Waals surface area contributed by atoms with E-state index in [0.29, 0.717) is 11.6 Å². The lowest BCUT2D eigenvalue weighted by Crippen LogP contribution is -1.95. The first-order valence-electron chi connectivity index (χ1n) is 3.74. The molecule has 0 unspecified atom stereocenters. The first-order valence-corrected chi connectivity index (χ1v) is 3.74. The Morgan fingerprint density at radius 2 is 1.38 bits per heavy atom. The van der Waals surface area contributed by atoms with E-state index in [-0.39, 0.29) is 0 Å². The molecule has 0 atom stereocenters. The molecular weight excluding hydrogens is 166 g/mol. The van der Waals surface area contributed by atoms with Gasteiger partial charge in [-0.1, -0.05) is 0 Å². The molecule has 5 nitrogen and oxygen atoms in total. The largest absolute Gasteiger partial charge is 0.325 e. The van der Waals surface area contributed by atoms with Crippen molar-refractivity contribution in [1.29, 1.82) is 0 Å². The Balaban J connectivity index is 2.16. The van der Waals surface area contributed by atoms with Crippen LogP contribution in [0.5, 0.6) is 0 Å². The zero-order valence-corrected chi connectivity index (χ0v) is 6.75. The average Bonchev–Trinajstić information content (AvgIpc) is 2.21. The van der Waals surface area contributed by atoms with E-state index in [9.17, 15) is 0 Å². The van der Waals surface area contributed by atoms with E-state index < -0.39 is 0 Å². The molecule has 5 heteroatoms. The molecule has 1 N–H and O–H groups in total. The molecule has 0 spiro atoms. The Hall–Kier alpha value is -2.04. The second-order valence-electron chi connectivity index (χ2n) is 2.31. The molecule has 0 amide bonds. The second-order valence-corrected chi connectivity index (χ2v) is 2.31. The molecule has 2 heterocycles. The van der Waals surface area contributed by atoms with Crippen molar-refractivity contribution in [2.75, 3.05) is 5.32 Å². The lowest BCUT2D eigenvalue weighted by molar-refractivity contribution is 1.13. The van der Waals surface area contributed by atoms with Gasteiger partial charge in [0, 0.05) is 12.4 Å². The highest BCUT2D eigenvalue weighted by Crippen LogP contribution is 2.07. The van der Waals surface area contributed by atoms with Gasteiger partial charge in [0.15, 0.2) is 0 Å². The number of nitrogens with zero attached hydrogens (tertiary/aromatic N) is 4. The molecule has 0 aromatic carbocycles. The Morgan fingerprint density at radius 3 is 1.77 bits per heavy atom. The van der Waals surface area contributed by atoms with Crippen molar-refractivity contribution in [3.8, 4) is 0 Å². The highest BCUT2D eigenvalue weighted by atomic mass is 15.1. The standard InChI is InChI=1S/C8H7N5/c1-3-9-5-11-7(1)13-8-2-4-10-6-12-8/h1-6H,(H,9,10,11,12,13). The van der Waals surface area contributed by atoms with Gasteiger partial charge in [0.25, 0.3) is 0 Å². The van der Waals surface area contributed by atoms with Crippen LogP contribution in [0.25, 0.3) is 0 Å².